The Balaban J connectivity index is 1.73. The number of hydrogen-bond acceptors (Lipinski definition) is 5. The van der Waals surface area contributed by atoms with Crippen molar-refractivity contribution in [2.45, 2.75) is 38.4 Å². The maximum Gasteiger partial charge on any atom is 0.233 e. The zero-order chi connectivity index (χ0) is 18.5. The van der Waals surface area contributed by atoms with Crippen molar-refractivity contribution >= 4 is 17.7 Å². The van der Waals surface area contributed by atoms with Crippen LogP contribution in [0.15, 0.2) is 29.4 Å². The molecule has 26 heavy (non-hydrogen) atoms. The van der Waals surface area contributed by atoms with Crippen LogP contribution in [0.25, 0.3) is 11.4 Å². The highest BCUT2D eigenvalue weighted by molar-refractivity contribution is 7.99. The molecule has 0 N–H and O–H groups in total. The van der Waals surface area contributed by atoms with Crippen molar-refractivity contribution < 1.29 is 9.53 Å². The molecule has 1 aromatic carbocycles. The minimum atomic E-state index is 0.186. The van der Waals surface area contributed by atoms with Crippen LogP contribution < -0.4 is 4.74 Å². The van der Waals surface area contributed by atoms with E-state index in [1.807, 2.05) is 33.7 Å². The standard InChI is InChI=1S/C19H26N4O2S/c1-4-23-18(15-9-5-6-10-16(15)25-3)20-21-19(23)26-13-17(24)22-11-7-8-14(2)12-22/h5-6,9-10,14H,4,7-8,11-13H2,1-3H3/t14-/m0/s1. The van der Waals surface area contributed by atoms with Crippen molar-refractivity contribution in [2.24, 2.45) is 5.92 Å². The van der Waals surface area contributed by atoms with E-state index in [0.29, 0.717) is 11.7 Å². The molecule has 1 aliphatic heterocycles. The van der Waals surface area contributed by atoms with Gasteiger partial charge in [-0.1, -0.05) is 30.8 Å². The average Bonchev–Trinajstić information content (AvgIpc) is 3.08. The van der Waals surface area contributed by atoms with Gasteiger partial charge in [0.15, 0.2) is 11.0 Å². The third-order valence-electron chi connectivity index (χ3n) is 4.72. The zero-order valence-corrected chi connectivity index (χ0v) is 16.5. The highest BCUT2D eigenvalue weighted by atomic mass is 32.2. The van der Waals surface area contributed by atoms with Gasteiger partial charge in [-0.3, -0.25) is 4.79 Å². The van der Waals surface area contributed by atoms with Gasteiger partial charge >= 0.3 is 0 Å². The first-order chi connectivity index (χ1) is 12.6. The molecule has 0 radical (unpaired) electrons. The van der Waals surface area contributed by atoms with E-state index in [0.717, 1.165) is 48.3 Å². The number of hydrogen-bond donors (Lipinski definition) is 0. The number of aromatic nitrogens is 3. The van der Waals surface area contributed by atoms with Gasteiger partial charge in [0, 0.05) is 19.6 Å². The molecule has 0 aliphatic carbocycles. The molecule has 140 valence electrons. The number of likely N-dealkylation sites (tertiary alicyclic amines) is 1. The number of benzene rings is 1. The molecular formula is C19H26N4O2S. The summed E-state index contributed by atoms with van der Waals surface area (Å²) in [6.07, 6.45) is 2.31. The number of carbonyl (C=O) groups is 1. The average molecular weight is 375 g/mol. The van der Waals surface area contributed by atoms with E-state index in [4.69, 9.17) is 4.74 Å². The lowest BCUT2D eigenvalue weighted by Crippen LogP contribution is -2.40. The Morgan fingerprint density at radius 2 is 2.15 bits per heavy atom. The van der Waals surface area contributed by atoms with Gasteiger partial charge in [-0.2, -0.15) is 0 Å². The summed E-state index contributed by atoms with van der Waals surface area (Å²) in [7, 11) is 1.65. The van der Waals surface area contributed by atoms with E-state index in [2.05, 4.69) is 24.0 Å². The van der Waals surface area contributed by atoms with Crippen molar-refractivity contribution in [1.29, 1.82) is 0 Å². The smallest absolute Gasteiger partial charge is 0.233 e. The lowest BCUT2D eigenvalue weighted by atomic mass is 10.0. The van der Waals surface area contributed by atoms with Crippen LogP contribution >= 0.6 is 11.8 Å². The van der Waals surface area contributed by atoms with Crippen LogP contribution in [0.5, 0.6) is 5.75 Å². The number of rotatable bonds is 6. The first-order valence-corrected chi connectivity index (χ1v) is 10.1. The quantitative estimate of drug-likeness (QED) is 0.726. The highest BCUT2D eigenvalue weighted by Crippen LogP contribution is 2.31. The van der Waals surface area contributed by atoms with Gasteiger partial charge in [0.2, 0.25) is 5.91 Å². The van der Waals surface area contributed by atoms with E-state index in [-0.39, 0.29) is 5.91 Å². The van der Waals surface area contributed by atoms with Gasteiger partial charge in [0.05, 0.1) is 18.4 Å². The number of methoxy groups -OCH3 is 1. The lowest BCUT2D eigenvalue weighted by molar-refractivity contribution is -0.130. The van der Waals surface area contributed by atoms with Gasteiger partial charge in [-0.25, -0.2) is 0 Å². The molecule has 0 bridgehead atoms. The van der Waals surface area contributed by atoms with Crippen LogP contribution in [-0.4, -0.2) is 51.5 Å². The van der Waals surface area contributed by atoms with E-state index < -0.39 is 0 Å². The summed E-state index contributed by atoms with van der Waals surface area (Å²) < 4.78 is 7.48. The van der Waals surface area contributed by atoms with Crippen molar-refractivity contribution in [3.63, 3.8) is 0 Å². The summed E-state index contributed by atoms with van der Waals surface area (Å²) in [5, 5.41) is 9.45. The molecule has 0 saturated carbocycles. The summed E-state index contributed by atoms with van der Waals surface area (Å²) in [4.78, 5) is 14.5. The number of amides is 1. The molecule has 0 unspecified atom stereocenters. The number of ether oxygens (including phenoxy) is 1. The van der Waals surface area contributed by atoms with E-state index in [9.17, 15) is 4.79 Å². The van der Waals surface area contributed by atoms with Crippen LogP contribution in [0.4, 0.5) is 0 Å². The molecule has 0 spiro atoms. The fourth-order valence-corrected chi connectivity index (χ4v) is 4.25. The Kier molecular flexibility index (Phi) is 6.19. The highest BCUT2D eigenvalue weighted by Gasteiger charge is 2.22. The maximum atomic E-state index is 12.5. The first-order valence-electron chi connectivity index (χ1n) is 9.11. The van der Waals surface area contributed by atoms with Crippen LogP contribution in [0, 0.1) is 5.92 Å². The normalized spacial score (nSPS) is 17.3. The Morgan fingerprint density at radius 1 is 1.35 bits per heavy atom. The van der Waals surface area contributed by atoms with Crippen molar-refractivity contribution in [2.75, 3.05) is 26.0 Å². The molecule has 2 heterocycles. The summed E-state index contributed by atoms with van der Waals surface area (Å²) in [5.74, 6) is 2.72. The Hall–Kier alpha value is -2.02. The van der Waals surface area contributed by atoms with Crippen LogP contribution in [0.2, 0.25) is 0 Å². The number of para-hydroxylation sites is 1. The molecular weight excluding hydrogens is 348 g/mol. The monoisotopic (exact) mass is 374 g/mol. The van der Waals surface area contributed by atoms with Crippen molar-refractivity contribution in [3.05, 3.63) is 24.3 Å². The second kappa shape index (κ2) is 8.58. The second-order valence-corrected chi connectivity index (χ2v) is 7.57. The number of carbonyl (C=O) groups excluding carboxylic acids is 1. The minimum Gasteiger partial charge on any atom is -0.496 e. The topological polar surface area (TPSA) is 60.2 Å². The minimum absolute atomic E-state index is 0.186. The summed E-state index contributed by atoms with van der Waals surface area (Å²) >= 11 is 1.46. The van der Waals surface area contributed by atoms with Gasteiger partial charge in [0.1, 0.15) is 5.75 Å². The molecule has 1 aromatic heterocycles. The van der Waals surface area contributed by atoms with Gasteiger partial charge < -0.3 is 14.2 Å². The third kappa shape index (κ3) is 4.03. The maximum absolute atomic E-state index is 12.5. The number of piperidine rings is 1. The van der Waals surface area contributed by atoms with E-state index in [1.54, 1.807) is 7.11 Å². The van der Waals surface area contributed by atoms with Crippen LogP contribution in [0.3, 0.4) is 0 Å². The molecule has 1 atom stereocenters. The zero-order valence-electron chi connectivity index (χ0n) is 15.6. The predicted octanol–water partition coefficient (Wildman–Crippen LogP) is 3.32. The first kappa shape index (κ1) is 18.8. The molecule has 1 fully saturated rings. The molecule has 2 aromatic rings. The number of thioether (sulfide) groups is 1. The second-order valence-electron chi connectivity index (χ2n) is 6.63. The van der Waals surface area contributed by atoms with Gasteiger partial charge in [-0.15, -0.1) is 10.2 Å². The van der Waals surface area contributed by atoms with Crippen LogP contribution in [-0.2, 0) is 11.3 Å². The SMILES string of the molecule is CCn1c(SCC(=O)N2CCC[C@H](C)C2)nnc1-c1ccccc1OC. The molecule has 7 heteroatoms. The van der Waals surface area contributed by atoms with E-state index in [1.165, 1.54) is 18.2 Å². The molecule has 6 nitrogen and oxygen atoms in total. The molecule has 3 rings (SSSR count). The van der Waals surface area contributed by atoms with E-state index >= 15 is 0 Å². The Morgan fingerprint density at radius 3 is 2.88 bits per heavy atom. The summed E-state index contributed by atoms with van der Waals surface area (Å²) in [6, 6.07) is 7.78. The third-order valence-corrected chi connectivity index (χ3v) is 5.67. The fraction of sp³-hybridized carbons (Fsp3) is 0.526. The van der Waals surface area contributed by atoms with Crippen molar-refractivity contribution in [1.82, 2.24) is 19.7 Å². The lowest BCUT2D eigenvalue weighted by Gasteiger charge is -2.30. The largest absolute Gasteiger partial charge is 0.496 e. The molecule has 1 amide bonds. The molecule has 1 aliphatic rings. The molecule has 1 saturated heterocycles. The number of nitrogens with zero attached hydrogens (tertiary/aromatic N) is 4. The summed E-state index contributed by atoms with van der Waals surface area (Å²) in [5.41, 5.74) is 0.910. The Bertz CT molecular complexity index is 762. The van der Waals surface area contributed by atoms with Crippen LogP contribution in [0.1, 0.15) is 26.7 Å². The summed E-state index contributed by atoms with van der Waals surface area (Å²) in [6.45, 7) is 6.74. The van der Waals surface area contributed by atoms with Gasteiger partial charge in [0.25, 0.3) is 0 Å². The Labute approximate surface area is 158 Å². The predicted molar refractivity (Wildman–Crippen MR) is 103 cm³/mol. The fourth-order valence-electron chi connectivity index (χ4n) is 3.34. The van der Waals surface area contributed by atoms with Crippen molar-refractivity contribution in [3.8, 4) is 17.1 Å². The van der Waals surface area contributed by atoms with Gasteiger partial charge in [-0.05, 0) is 37.8 Å².